The quantitative estimate of drug-likeness (QED) is 0.176. The molecule has 4 heteroatoms. The average Bonchev–Trinajstić information content (AvgIpc) is 3.99. The summed E-state index contributed by atoms with van der Waals surface area (Å²) in [5, 5.41) is 11.5. The Morgan fingerprint density at radius 2 is 1.00 bits per heavy atom. The van der Waals surface area contributed by atoms with Gasteiger partial charge in [-0.15, -0.1) is 11.3 Å². The Kier molecular flexibility index (Phi) is 6.04. The van der Waals surface area contributed by atoms with Gasteiger partial charge in [0.25, 0.3) is 0 Å². The van der Waals surface area contributed by atoms with E-state index in [2.05, 4.69) is 202 Å². The molecule has 0 N–H and O–H groups in total. The van der Waals surface area contributed by atoms with E-state index < -0.39 is 0 Å². The summed E-state index contributed by atoms with van der Waals surface area (Å²) in [6.45, 7) is 0. The highest BCUT2D eigenvalue weighted by atomic mass is 32.1. The van der Waals surface area contributed by atoms with Crippen LogP contribution in [0.3, 0.4) is 0 Å². The standard InChI is InChI=1S/C52H31N3S/c1-2-13-38-32(11-1)12-9-17-39(38)33-23-26-36(27-24-33)53(46-21-10-18-41-40-14-5-8-22-49(40)56-51(41)46)37-28-25-34-30-47-48(31-35(34)29-37)55-45-20-7-4-16-43(45)50-42-15-3-6-19-44(42)54(47)52(50)55/h1-31H. The zero-order chi connectivity index (χ0) is 36.5. The van der Waals surface area contributed by atoms with Gasteiger partial charge in [-0.25, -0.2) is 0 Å². The van der Waals surface area contributed by atoms with Crippen LogP contribution < -0.4 is 4.90 Å². The second-order valence-corrected chi connectivity index (χ2v) is 16.0. The highest BCUT2D eigenvalue weighted by Crippen LogP contribution is 2.47. The van der Waals surface area contributed by atoms with E-state index >= 15 is 0 Å². The molecule has 3 nitrogen and oxygen atoms in total. The van der Waals surface area contributed by atoms with Crippen molar-refractivity contribution in [3.63, 3.8) is 0 Å². The van der Waals surface area contributed by atoms with Gasteiger partial charge in [0.05, 0.1) is 32.5 Å². The second-order valence-electron chi connectivity index (χ2n) is 14.9. The maximum absolute atomic E-state index is 2.48. The SMILES string of the molecule is c1ccc2c(-c3ccc(N(c4ccc5cc6c(cc5c4)n4c5ccccc5c5c7ccccc7n6c54)c4cccc5c4sc4ccccc45)cc3)cccc2c1. The number of imidazole rings is 1. The first-order chi connectivity index (χ1) is 27.8. The Bertz CT molecular complexity index is 3710. The Labute approximate surface area is 325 Å². The number of anilines is 3. The predicted octanol–water partition coefficient (Wildman–Crippen LogP) is 14.9. The molecular weight excluding hydrogens is 699 g/mol. The van der Waals surface area contributed by atoms with Crippen LogP contribution in [-0.4, -0.2) is 8.80 Å². The van der Waals surface area contributed by atoms with E-state index in [0.717, 1.165) is 11.4 Å². The number of hydrogen-bond donors (Lipinski definition) is 0. The highest BCUT2D eigenvalue weighted by Gasteiger charge is 2.24. The summed E-state index contributed by atoms with van der Waals surface area (Å²) in [6.07, 6.45) is 0. The van der Waals surface area contributed by atoms with Gasteiger partial charge >= 0.3 is 0 Å². The minimum atomic E-state index is 1.12. The zero-order valence-electron chi connectivity index (χ0n) is 30.1. The Hall–Kier alpha value is -7.14. The van der Waals surface area contributed by atoms with Gasteiger partial charge in [-0.1, -0.05) is 127 Å². The van der Waals surface area contributed by atoms with Gasteiger partial charge in [0.15, 0.2) is 0 Å². The predicted molar refractivity (Wildman–Crippen MR) is 240 cm³/mol. The van der Waals surface area contributed by atoms with Gasteiger partial charge in [0, 0.05) is 43.0 Å². The van der Waals surface area contributed by atoms with Gasteiger partial charge < -0.3 is 4.90 Å². The lowest BCUT2D eigenvalue weighted by Gasteiger charge is -2.26. The third kappa shape index (κ3) is 4.06. The molecule has 13 aromatic rings. The summed E-state index contributed by atoms with van der Waals surface area (Å²) >= 11 is 1.87. The normalized spacial score (nSPS) is 12.3. The van der Waals surface area contributed by atoms with Crippen LogP contribution in [0.2, 0.25) is 0 Å². The van der Waals surface area contributed by atoms with Crippen molar-refractivity contribution in [1.82, 2.24) is 8.80 Å². The molecule has 9 aromatic carbocycles. The molecule has 4 aromatic heterocycles. The molecule has 0 atom stereocenters. The maximum Gasteiger partial charge on any atom is 0.131 e. The minimum absolute atomic E-state index is 1.12. The Morgan fingerprint density at radius 3 is 1.79 bits per heavy atom. The molecular formula is C52H31N3S. The molecule has 13 rings (SSSR count). The van der Waals surface area contributed by atoms with Crippen molar-refractivity contribution < 1.29 is 0 Å². The van der Waals surface area contributed by atoms with Crippen molar-refractivity contribution in [3.05, 3.63) is 188 Å². The van der Waals surface area contributed by atoms with Crippen molar-refractivity contribution in [2.45, 2.75) is 0 Å². The van der Waals surface area contributed by atoms with E-state index in [0.29, 0.717) is 0 Å². The topological polar surface area (TPSA) is 12.1 Å². The first-order valence-corrected chi connectivity index (χ1v) is 20.0. The fraction of sp³-hybridized carbons (Fsp3) is 0. The van der Waals surface area contributed by atoms with E-state index in [4.69, 9.17) is 0 Å². The van der Waals surface area contributed by atoms with Crippen LogP contribution in [0.25, 0.3) is 96.7 Å². The molecule has 0 bridgehead atoms. The first-order valence-electron chi connectivity index (χ1n) is 19.2. The molecule has 0 radical (unpaired) electrons. The monoisotopic (exact) mass is 729 g/mol. The van der Waals surface area contributed by atoms with Crippen molar-refractivity contribution in [1.29, 1.82) is 0 Å². The van der Waals surface area contributed by atoms with Gasteiger partial charge in [0.1, 0.15) is 5.65 Å². The number of para-hydroxylation sites is 2. The summed E-state index contributed by atoms with van der Waals surface area (Å²) in [6, 6.07) is 69.4. The average molecular weight is 730 g/mol. The third-order valence-electron chi connectivity index (χ3n) is 12.0. The van der Waals surface area contributed by atoms with Crippen LogP contribution in [0.4, 0.5) is 17.1 Å². The fourth-order valence-electron chi connectivity index (χ4n) is 9.55. The number of hydrogen-bond acceptors (Lipinski definition) is 2. The largest absolute Gasteiger partial charge is 0.309 e. The molecule has 0 amide bonds. The summed E-state index contributed by atoms with van der Waals surface area (Å²) in [5.41, 5.74) is 12.1. The Morgan fingerprint density at radius 1 is 0.393 bits per heavy atom. The van der Waals surface area contributed by atoms with Crippen molar-refractivity contribution in [2.24, 2.45) is 0 Å². The van der Waals surface area contributed by atoms with Crippen LogP contribution >= 0.6 is 11.3 Å². The molecule has 0 aliphatic rings. The third-order valence-corrected chi connectivity index (χ3v) is 13.2. The number of rotatable bonds is 4. The molecule has 0 unspecified atom stereocenters. The summed E-state index contributed by atoms with van der Waals surface area (Å²) in [7, 11) is 0. The Balaban J connectivity index is 1.05. The number of aromatic nitrogens is 2. The second kappa shape index (κ2) is 11.2. The van der Waals surface area contributed by atoms with Crippen LogP contribution in [0.5, 0.6) is 0 Å². The molecule has 0 saturated carbocycles. The van der Waals surface area contributed by atoms with E-state index in [-0.39, 0.29) is 0 Å². The molecule has 4 heterocycles. The van der Waals surface area contributed by atoms with Gasteiger partial charge in [-0.3, -0.25) is 8.80 Å². The number of fused-ring (bicyclic) bond motifs is 14. The smallest absolute Gasteiger partial charge is 0.131 e. The summed E-state index contributed by atoms with van der Waals surface area (Å²) in [4.78, 5) is 2.46. The van der Waals surface area contributed by atoms with E-state index in [1.807, 2.05) is 11.3 Å². The van der Waals surface area contributed by atoms with E-state index in [1.165, 1.54) is 102 Å². The highest BCUT2D eigenvalue weighted by molar-refractivity contribution is 7.26. The van der Waals surface area contributed by atoms with Crippen molar-refractivity contribution >= 4 is 114 Å². The zero-order valence-corrected chi connectivity index (χ0v) is 31.0. The van der Waals surface area contributed by atoms with Crippen LogP contribution in [0.1, 0.15) is 0 Å². The fourth-order valence-corrected chi connectivity index (χ4v) is 10.8. The molecule has 0 saturated heterocycles. The van der Waals surface area contributed by atoms with Crippen molar-refractivity contribution in [3.8, 4) is 11.1 Å². The maximum atomic E-state index is 2.48. The summed E-state index contributed by atoms with van der Waals surface area (Å²) in [5.74, 6) is 0. The lowest BCUT2D eigenvalue weighted by molar-refractivity contribution is 1.29. The molecule has 0 aliphatic carbocycles. The first kappa shape index (κ1) is 30.2. The molecule has 56 heavy (non-hydrogen) atoms. The molecule has 0 aliphatic heterocycles. The number of benzene rings is 9. The van der Waals surface area contributed by atoms with Crippen LogP contribution in [-0.2, 0) is 0 Å². The molecule has 0 spiro atoms. The van der Waals surface area contributed by atoms with Crippen LogP contribution in [0, 0.1) is 0 Å². The van der Waals surface area contributed by atoms with Crippen LogP contribution in [0.15, 0.2) is 188 Å². The van der Waals surface area contributed by atoms with Gasteiger partial charge in [-0.2, -0.15) is 0 Å². The van der Waals surface area contributed by atoms with Gasteiger partial charge in [-0.05, 0) is 93.3 Å². The minimum Gasteiger partial charge on any atom is -0.309 e. The lowest BCUT2D eigenvalue weighted by Crippen LogP contribution is -2.10. The molecule has 0 fully saturated rings. The molecule has 260 valence electrons. The van der Waals surface area contributed by atoms with E-state index in [9.17, 15) is 0 Å². The van der Waals surface area contributed by atoms with E-state index in [1.54, 1.807) is 0 Å². The number of nitrogens with zero attached hydrogens (tertiary/aromatic N) is 3. The summed E-state index contributed by atoms with van der Waals surface area (Å²) < 4.78 is 7.54. The lowest BCUT2D eigenvalue weighted by atomic mass is 9.98. The van der Waals surface area contributed by atoms with Gasteiger partial charge in [0.2, 0.25) is 0 Å². The number of thiophene rings is 1. The van der Waals surface area contributed by atoms with Crippen molar-refractivity contribution in [2.75, 3.05) is 4.90 Å².